The fourth-order valence-electron chi connectivity index (χ4n) is 3.05. The Hall–Kier alpha value is -0.610. The molecule has 0 aromatic rings. The minimum absolute atomic E-state index is 0.0427. The molecule has 0 saturated carbocycles. The summed E-state index contributed by atoms with van der Waals surface area (Å²) in [5.41, 5.74) is 0.111. The van der Waals surface area contributed by atoms with Crippen molar-refractivity contribution >= 4 is 5.91 Å². The summed E-state index contributed by atoms with van der Waals surface area (Å²) in [4.78, 5) is 16.5. The van der Waals surface area contributed by atoms with Crippen LogP contribution in [0.5, 0.6) is 0 Å². The first kappa shape index (κ1) is 16.4. The SMILES string of the molecule is CC(C)CC1NC(C)C(=O)N1CC(C)(C)CN(C)C. The first-order valence-electron chi connectivity index (χ1n) is 7.33. The Kier molecular flexibility index (Phi) is 5.39. The largest absolute Gasteiger partial charge is 0.325 e. The third-order valence-electron chi connectivity index (χ3n) is 3.51. The summed E-state index contributed by atoms with van der Waals surface area (Å²) < 4.78 is 0. The van der Waals surface area contributed by atoms with E-state index in [4.69, 9.17) is 0 Å². The van der Waals surface area contributed by atoms with E-state index in [0.29, 0.717) is 5.92 Å². The maximum absolute atomic E-state index is 12.3. The van der Waals surface area contributed by atoms with E-state index in [9.17, 15) is 4.79 Å². The molecular formula is C15H31N3O. The van der Waals surface area contributed by atoms with E-state index in [1.807, 2.05) is 11.8 Å². The molecule has 0 aromatic heterocycles. The number of carbonyl (C=O) groups excluding carboxylic acids is 1. The van der Waals surface area contributed by atoms with E-state index in [0.717, 1.165) is 19.5 Å². The van der Waals surface area contributed by atoms with Crippen LogP contribution in [0, 0.1) is 11.3 Å². The molecule has 0 spiro atoms. The van der Waals surface area contributed by atoms with E-state index >= 15 is 0 Å². The Morgan fingerprint density at radius 1 is 1.37 bits per heavy atom. The van der Waals surface area contributed by atoms with Gasteiger partial charge in [0.25, 0.3) is 0 Å². The van der Waals surface area contributed by atoms with Crippen molar-refractivity contribution in [1.82, 2.24) is 15.1 Å². The molecule has 1 N–H and O–H groups in total. The maximum atomic E-state index is 12.3. The van der Waals surface area contributed by atoms with Gasteiger partial charge in [-0.05, 0) is 38.8 Å². The molecule has 0 bridgehead atoms. The average molecular weight is 269 g/mol. The monoisotopic (exact) mass is 269 g/mol. The summed E-state index contributed by atoms with van der Waals surface area (Å²) in [6.45, 7) is 12.6. The van der Waals surface area contributed by atoms with Gasteiger partial charge in [0.2, 0.25) is 5.91 Å². The van der Waals surface area contributed by atoms with Crippen molar-refractivity contribution < 1.29 is 4.79 Å². The summed E-state index contributed by atoms with van der Waals surface area (Å²) in [6.07, 6.45) is 1.22. The molecule has 1 saturated heterocycles. The summed E-state index contributed by atoms with van der Waals surface area (Å²) in [7, 11) is 4.17. The average Bonchev–Trinajstić information content (AvgIpc) is 2.42. The van der Waals surface area contributed by atoms with E-state index in [-0.39, 0.29) is 23.5 Å². The van der Waals surface area contributed by atoms with Crippen LogP contribution in [0.1, 0.15) is 41.0 Å². The molecule has 2 unspecified atom stereocenters. The lowest BCUT2D eigenvalue weighted by molar-refractivity contribution is -0.131. The fraction of sp³-hybridized carbons (Fsp3) is 0.933. The predicted octanol–water partition coefficient (Wildman–Crippen LogP) is 1.77. The lowest BCUT2D eigenvalue weighted by Gasteiger charge is -2.35. The number of hydrogen-bond acceptors (Lipinski definition) is 3. The van der Waals surface area contributed by atoms with Gasteiger partial charge in [0.1, 0.15) is 0 Å². The molecule has 1 rings (SSSR count). The van der Waals surface area contributed by atoms with E-state index in [1.165, 1.54) is 0 Å². The van der Waals surface area contributed by atoms with Crippen LogP contribution in [0.15, 0.2) is 0 Å². The van der Waals surface area contributed by atoms with Crippen molar-refractivity contribution in [3.63, 3.8) is 0 Å². The molecule has 0 aromatic carbocycles. The number of rotatable bonds is 6. The molecular weight excluding hydrogens is 238 g/mol. The van der Waals surface area contributed by atoms with Crippen molar-refractivity contribution in [2.24, 2.45) is 11.3 Å². The van der Waals surface area contributed by atoms with Crippen molar-refractivity contribution in [2.75, 3.05) is 27.2 Å². The lowest BCUT2D eigenvalue weighted by atomic mass is 9.91. The number of nitrogens with one attached hydrogen (secondary N) is 1. The molecule has 1 aliphatic rings. The molecule has 1 fully saturated rings. The maximum Gasteiger partial charge on any atom is 0.240 e. The van der Waals surface area contributed by atoms with Crippen LogP contribution in [0.3, 0.4) is 0 Å². The standard InChI is InChI=1S/C15H31N3O/c1-11(2)8-13-16-12(3)14(19)18(13)10-15(4,5)9-17(6)7/h11-13,16H,8-10H2,1-7H3. The minimum atomic E-state index is -0.0427. The molecule has 19 heavy (non-hydrogen) atoms. The molecule has 1 amide bonds. The Morgan fingerprint density at radius 3 is 2.42 bits per heavy atom. The van der Waals surface area contributed by atoms with Crippen LogP contribution < -0.4 is 5.32 Å². The number of nitrogens with zero attached hydrogens (tertiary/aromatic N) is 2. The van der Waals surface area contributed by atoms with Gasteiger partial charge in [-0.2, -0.15) is 0 Å². The smallest absolute Gasteiger partial charge is 0.240 e. The summed E-state index contributed by atoms with van der Waals surface area (Å²) in [6, 6.07) is -0.0427. The van der Waals surface area contributed by atoms with E-state index < -0.39 is 0 Å². The second kappa shape index (κ2) is 6.23. The highest BCUT2D eigenvalue weighted by atomic mass is 16.2. The molecule has 1 aliphatic heterocycles. The van der Waals surface area contributed by atoms with Gasteiger partial charge in [-0.3, -0.25) is 10.1 Å². The number of hydrogen-bond donors (Lipinski definition) is 1. The van der Waals surface area contributed by atoms with Gasteiger partial charge < -0.3 is 9.80 Å². The van der Waals surface area contributed by atoms with Gasteiger partial charge in [0.15, 0.2) is 0 Å². The van der Waals surface area contributed by atoms with Crippen LogP contribution >= 0.6 is 0 Å². The van der Waals surface area contributed by atoms with E-state index in [1.54, 1.807) is 0 Å². The topological polar surface area (TPSA) is 35.6 Å². The quantitative estimate of drug-likeness (QED) is 0.798. The first-order valence-corrected chi connectivity index (χ1v) is 7.33. The minimum Gasteiger partial charge on any atom is -0.325 e. The number of amides is 1. The molecule has 0 aliphatic carbocycles. The van der Waals surface area contributed by atoms with Crippen LogP contribution in [-0.2, 0) is 4.79 Å². The molecule has 4 heteroatoms. The summed E-state index contributed by atoms with van der Waals surface area (Å²) >= 11 is 0. The van der Waals surface area contributed by atoms with Gasteiger partial charge in [0.05, 0.1) is 12.2 Å². The lowest BCUT2D eigenvalue weighted by Crippen LogP contribution is -2.46. The first-order chi connectivity index (χ1) is 8.62. The second-order valence-electron chi connectivity index (χ2n) is 7.40. The molecule has 4 nitrogen and oxygen atoms in total. The van der Waals surface area contributed by atoms with Crippen LogP contribution in [0.25, 0.3) is 0 Å². The highest BCUT2D eigenvalue weighted by Gasteiger charge is 2.39. The van der Waals surface area contributed by atoms with Gasteiger partial charge >= 0.3 is 0 Å². The molecule has 2 atom stereocenters. The zero-order chi connectivity index (χ0) is 14.8. The fourth-order valence-corrected chi connectivity index (χ4v) is 3.05. The van der Waals surface area contributed by atoms with Crippen molar-refractivity contribution in [1.29, 1.82) is 0 Å². The van der Waals surface area contributed by atoms with Gasteiger partial charge in [0, 0.05) is 13.1 Å². The van der Waals surface area contributed by atoms with Crippen molar-refractivity contribution in [3.05, 3.63) is 0 Å². The summed E-state index contributed by atoms with van der Waals surface area (Å²) in [5.74, 6) is 0.840. The third kappa shape index (κ3) is 4.77. The Balaban J connectivity index is 2.74. The highest BCUT2D eigenvalue weighted by Crippen LogP contribution is 2.24. The van der Waals surface area contributed by atoms with Gasteiger partial charge in [-0.1, -0.05) is 27.7 Å². The van der Waals surface area contributed by atoms with Crippen LogP contribution in [0.2, 0.25) is 0 Å². The molecule has 112 valence electrons. The second-order valence-corrected chi connectivity index (χ2v) is 7.40. The van der Waals surface area contributed by atoms with Crippen molar-refractivity contribution in [2.45, 2.75) is 53.2 Å². The normalized spacial score (nSPS) is 24.9. The van der Waals surface area contributed by atoms with Crippen molar-refractivity contribution in [3.8, 4) is 0 Å². The van der Waals surface area contributed by atoms with Gasteiger partial charge in [-0.15, -0.1) is 0 Å². The highest BCUT2D eigenvalue weighted by molar-refractivity contribution is 5.83. The Labute approximate surface area is 118 Å². The van der Waals surface area contributed by atoms with E-state index in [2.05, 4.69) is 52.0 Å². The molecule has 1 heterocycles. The predicted molar refractivity (Wildman–Crippen MR) is 79.9 cm³/mol. The Bertz CT molecular complexity index is 313. The molecule has 0 radical (unpaired) electrons. The number of carbonyl (C=O) groups is 1. The zero-order valence-electron chi connectivity index (χ0n) is 13.7. The Morgan fingerprint density at radius 2 is 1.95 bits per heavy atom. The van der Waals surface area contributed by atoms with Crippen LogP contribution in [-0.4, -0.2) is 55.1 Å². The summed E-state index contributed by atoms with van der Waals surface area (Å²) in [5, 5.41) is 3.42. The third-order valence-corrected chi connectivity index (χ3v) is 3.51. The zero-order valence-corrected chi connectivity index (χ0v) is 13.7. The van der Waals surface area contributed by atoms with Crippen LogP contribution in [0.4, 0.5) is 0 Å². The van der Waals surface area contributed by atoms with Gasteiger partial charge in [-0.25, -0.2) is 0 Å².